The molecular weight excluding hydrogens is 1450 g/mol. The maximum atomic E-state index is 9.93. The van der Waals surface area contributed by atoms with Gasteiger partial charge in [0.15, 0.2) is 0 Å². The summed E-state index contributed by atoms with van der Waals surface area (Å²) in [6, 6.07) is 43.6. The van der Waals surface area contributed by atoms with E-state index in [1.54, 1.807) is 97.1 Å². The molecule has 456 valence electrons. The number of aromatic hydroxyl groups is 8. The summed E-state index contributed by atoms with van der Waals surface area (Å²) in [5.41, 5.74) is 6.74. The molecule has 0 bridgehead atoms. The maximum absolute atomic E-state index is 9.93. The molecule has 0 aliphatic carbocycles. The lowest BCUT2D eigenvalue weighted by molar-refractivity contribution is 0.457. The molecule has 0 fully saturated rings. The van der Waals surface area contributed by atoms with E-state index in [4.69, 9.17) is 55.2 Å². The zero-order valence-electron chi connectivity index (χ0n) is 48.9. The molecule has 84 heavy (non-hydrogen) atoms. The van der Waals surface area contributed by atoms with Crippen molar-refractivity contribution in [3.63, 3.8) is 0 Å². The first kappa shape index (κ1) is 77.4. The molecule has 8 aromatic rings. The molecule has 8 rings (SSSR count). The summed E-state index contributed by atoms with van der Waals surface area (Å²) in [4.78, 5) is 0. The predicted octanol–water partition coefficient (Wildman–Crippen LogP) is 23.8. The average Bonchev–Trinajstić information content (AvgIpc) is 3.64. The Hall–Kier alpha value is -4.57. The van der Waals surface area contributed by atoms with Crippen molar-refractivity contribution in [1.82, 2.24) is 0 Å². The number of benzene rings is 8. The van der Waals surface area contributed by atoms with Crippen LogP contribution in [0, 0.1) is 20.8 Å². The van der Waals surface area contributed by atoms with Gasteiger partial charge in [-0.15, -0.1) is 0 Å². The predicted molar refractivity (Wildman–Crippen MR) is 372 cm³/mol. The fourth-order valence-electron chi connectivity index (χ4n) is 7.22. The Morgan fingerprint density at radius 3 is 1.20 bits per heavy atom. The van der Waals surface area contributed by atoms with Gasteiger partial charge in [-0.1, -0.05) is 188 Å². The normalized spacial score (nSPS) is 10.3. The van der Waals surface area contributed by atoms with Crippen LogP contribution in [0.2, 0.25) is 15.1 Å². The Balaban J connectivity index is 0.000000486. The zero-order chi connectivity index (χ0) is 63.3. The van der Waals surface area contributed by atoms with E-state index >= 15 is 0 Å². The molecular formula is C68H80Br5Cl3O8. The monoisotopic (exact) mass is 1520 g/mol. The third-order valence-electron chi connectivity index (χ3n) is 12.1. The number of aryl methyl sites for hydroxylation is 6. The Kier molecular flexibility index (Phi) is 40.5. The van der Waals surface area contributed by atoms with Crippen LogP contribution >= 0.6 is 114 Å². The number of phenols is 8. The fraction of sp³-hybridized carbons (Fsp3) is 0.294. The maximum Gasteiger partial charge on any atom is 0.119 e. The standard InChI is InChI=1S/C15H23ClO.C10H13BrO.C9H11BrO.C8H9BrO.C7H7BrO.C7H7ClO.C6H5BrO.C6H5ClO/c1-4-5-6-7-8-11(2)13-10-14(16)12(3)9-15(13)17;1-2-3-4-8-7-9(11)5-6-10(8)12;1-2-3-7-6-8(10)4-5-9(7)11;1-2-6-5-7(9)3-4-8(6)10;1-5-4-6(8)2-3-7(5)9;1-5-4-6(9)2-3-7(5)8;2*7-5-1-3-6(8)4-2-5/h9-11,17H,4-8H2,1-3H3;5-7,12H,2-4H2,1H3;4-6,11H,2-3H2,1H3;3-5,10H,2H2,1H3;2*2-4,9H,1H3;2*1-4,8H. The summed E-state index contributed by atoms with van der Waals surface area (Å²) in [7, 11) is 0. The highest BCUT2D eigenvalue weighted by Crippen LogP contribution is 2.34. The van der Waals surface area contributed by atoms with Crippen LogP contribution in [0.1, 0.15) is 131 Å². The van der Waals surface area contributed by atoms with E-state index in [-0.39, 0.29) is 11.5 Å². The van der Waals surface area contributed by atoms with Gasteiger partial charge in [0.25, 0.3) is 0 Å². The summed E-state index contributed by atoms with van der Waals surface area (Å²) in [6.07, 6.45) is 12.3. The molecule has 1 unspecified atom stereocenters. The lowest BCUT2D eigenvalue weighted by atomic mass is 9.93. The van der Waals surface area contributed by atoms with E-state index < -0.39 is 0 Å². The van der Waals surface area contributed by atoms with Crippen LogP contribution in [-0.4, -0.2) is 40.9 Å². The van der Waals surface area contributed by atoms with E-state index in [0.717, 1.165) is 111 Å². The molecule has 0 heterocycles. The number of hydrogen-bond acceptors (Lipinski definition) is 8. The van der Waals surface area contributed by atoms with Gasteiger partial charge in [-0.25, -0.2) is 0 Å². The van der Waals surface area contributed by atoms with E-state index in [0.29, 0.717) is 50.5 Å². The minimum Gasteiger partial charge on any atom is -0.508 e. The second-order valence-electron chi connectivity index (χ2n) is 19.3. The van der Waals surface area contributed by atoms with Crippen LogP contribution in [-0.2, 0) is 19.3 Å². The number of halogens is 8. The van der Waals surface area contributed by atoms with Gasteiger partial charge in [0.1, 0.15) is 46.0 Å². The van der Waals surface area contributed by atoms with Gasteiger partial charge in [-0.2, -0.15) is 0 Å². The molecule has 0 spiro atoms. The molecule has 0 saturated carbocycles. The average molecular weight is 1530 g/mol. The Morgan fingerprint density at radius 1 is 0.357 bits per heavy atom. The van der Waals surface area contributed by atoms with Gasteiger partial charge in [-0.05, 0) is 249 Å². The van der Waals surface area contributed by atoms with E-state index in [1.165, 1.54) is 25.7 Å². The summed E-state index contributed by atoms with van der Waals surface area (Å²) in [5, 5.41) is 75.3. The van der Waals surface area contributed by atoms with Crippen LogP contribution < -0.4 is 0 Å². The van der Waals surface area contributed by atoms with Crippen molar-refractivity contribution >= 4 is 114 Å². The first-order chi connectivity index (χ1) is 39.7. The van der Waals surface area contributed by atoms with Gasteiger partial charge >= 0.3 is 0 Å². The van der Waals surface area contributed by atoms with Crippen LogP contribution in [0.4, 0.5) is 0 Å². The summed E-state index contributed by atoms with van der Waals surface area (Å²) in [6.45, 7) is 16.3. The Morgan fingerprint density at radius 2 is 0.786 bits per heavy atom. The quantitative estimate of drug-likeness (QED) is 0.0561. The van der Waals surface area contributed by atoms with Crippen molar-refractivity contribution in [2.75, 3.05) is 0 Å². The molecule has 0 radical (unpaired) electrons. The van der Waals surface area contributed by atoms with E-state index in [2.05, 4.69) is 107 Å². The van der Waals surface area contributed by atoms with Crippen molar-refractivity contribution in [1.29, 1.82) is 0 Å². The smallest absolute Gasteiger partial charge is 0.119 e. The van der Waals surface area contributed by atoms with Crippen molar-refractivity contribution in [2.24, 2.45) is 0 Å². The minimum absolute atomic E-state index is 0.245. The van der Waals surface area contributed by atoms with Gasteiger partial charge in [-0.3, -0.25) is 0 Å². The molecule has 8 N–H and O–H groups in total. The first-order valence-electron chi connectivity index (χ1n) is 27.5. The Labute approximate surface area is 556 Å². The van der Waals surface area contributed by atoms with Crippen molar-refractivity contribution < 1.29 is 40.9 Å². The zero-order valence-corrected chi connectivity index (χ0v) is 59.1. The van der Waals surface area contributed by atoms with Gasteiger partial charge in [0.05, 0.1) is 0 Å². The molecule has 0 aromatic heterocycles. The molecule has 1 atom stereocenters. The molecule has 0 amide bonds. The van der Waals surface area contributed by atoms with Crippen LogP contribution in [0.5, 0.6) is 46.0 Å². The number of hydrogen-bond donors (Lipinski definition) is 8. The largest absolute Gasteiger partial charge is 0.508 e. The first-order valence-corrected chi connectivity index (χ1v) is 32.6. The highest BCUT2D eigenvalue weighted by atomic mass is 79.9. The van der Waals surface area contributed by atoms with E-state index in [1.807, 2.05) is 82.3 Å². The number of rotatable bonds is 12. The Bertz CT molecular complexity index is 2990. The topological polar surface area (TPSA) is 162 Å². The summed E-state index contributed by atoms with van der Waals surface area (Å²) >= 11 is 33.9. The summed E-state index contributed by atoms with van der Waals surface area (Å²) < 4.78 is 5.06. The third kappa shape index (κ3) is 33.9. The van der Waals surface area contributed by atoms with Crippen LogP contribution in [0.3, 0.4) is 0 Å². The molecule has 0 aliphatic heterocycles. The molecule has 16 heteroatoms. The van der Waals surface area contributed by atoms with Crippen molar-refractivity contribution in [2.45, 2.75) is 132 Å². The van der Waals surface area contributed by atoms with Gasteiger partial charge in [0.2, 0.25) is 0 Å². The van der Waals surface area contributed by atoms with Crippen molar-refractivity contribution in [3.8, 4) is 46.0 Å². The molecule has 0 aliphatic rings. The molecule has 8 aromatic carbocycles. The van der Waals surface area contributed by atoms with E-state index in [9.17, 15) is 20.4 Å². The third-order valence-corrected chi connectivity index (χ3v) is 15.7. The number of unbranched alkanes of at least 4 members (excludes halogenated alkanes) is 4. The molecule has 0 saturated heterocycles. The highest BCUT2D eigenvalue weighted by Gasteiger charge is 2.12. The second-order valence-corrected chi connectivity index (χ2v) is 25.1. The minimum atomic E-state index is 0.245. The highest BCUT2D eigenvalue weighted by molar-refractivity contribution is 9.11. The SMILES string of the molecule is CCCCCCC(C)c1cc(Cl)c(C)cc1O.CCCCc1cc(Br)ccc1O.CCCc1cc(Br)ccc1O.CCc1cc(Br)ccc1O.Cc1cc(Br)ccc1O.Cc1cc(O)ccc1Cl.Oc1ccc(Br)cc1.Oc1ccc(Cl)cc1. The van der Waals surface area contributed by atoms with Crippen LogP contribution in [0.25, 0.3) is 0 Å². The lowest BCUT2D eigenvalue weighted by Crippen LogP contribution is -1.95. The number of phenolic OH excluding ortho intramolecular Hbond substituents is 8. The fourth-order valence-corrected chi connectivity index (χ4v) is 9.60. The van der Waals surface area contributed by atoms with Gasteiger partial charge < -0.3 is 40.9 Å². The molecule has 8 nitrogen and oxygen atoms in total. The van der Waals surface area contributed by atoms with Gasteiger partial charge in [0, 0.05) is 37.4 Å². The summed E-state index contributed by atoms with van der Waals surface area (Å²) in [5.74, 6) is 3.10. The second kappa shape index (κ2) is 44.0. The van der Waals surface area contributed by atoms with Crippen molar-refractivity contribution in [3.05, 3.63) is 228 Å². The lowest BCUT2D eigenvalue weighted by Gasteiger charge is -2.15. The van der Waals surface area contributed by atoms with Crippen LogP contribution in [0.15, 0.2) is 174 Å².